The van der Waals surface area contributed by atoms with E-state index < -0.39 is 0 Å². The van der Waals surface area contributed by atoms with Crippen molar-refractivity contribution in [2.45, 2.75) is 30.7 Å². The van der Waals surface area contributed by atoms with E-state index in [-0.39, 0.29) is 11.9 Å². The highest BCUT2D eigenvalue weighted by molar-refractivity contribution is 8.00. The molecule has 21 heavy (non-hydrogen) atoms. The molecule has 0 bridgehead atoms. The van der Waals surface area contributed by atoms with Gasteiger partial charge in [0.25, 0.3) is 0 Å². The Hall–Kier alpha value is -1.20. The first-order chi connectivity index (χ1) is 10.1. The first-order valence-electron chi connectivity index (χ1n) is 7.40. The predicted octanol–water partition coefficient (Wildman–Crippen LogP) is 2.37. The quantitative estimate of drug-likeness (QED) is 0.849. The summed E-state index contributed by atoms with van der Waals surface area (Å²) in [6.45, 7) is 3.70. The van der Waals surface area contributed by atoms with Crippen LogP contribution in [-0.2, 0) is 4.79 Å². The van der Waals surface area contributed by atoms with Crippen LogP contribution in [0, 0.1) is 5.92 Å². The summed E-state index contributed by atoms with van der Waals surface area (Å²) in [7, 11) is 1.65. The average Bonchev–Trinajstić information content (AvgIpc) is 2.53. The lowest BCUT2D eigenvalue weighted by Crippen LogP contribution is -2.45. The van der Waals surface area contributed by atoms with Crippen LogP contribution in [0.2, 0.25) is 0 Å². The molecule has 1 fully saturated rings. The van der Waals surface area contributed by atoms with Crippen LogP contribution >= 0.6 is 11.8 Å². The van der Waals surface area contributed by atoms with Gasteiger partial charge >= 0.3 is 0 Å². The second-order valence-corrected chi connectivity index (χ2v) is 6.61. The van der Waals surface area contributed by atoms with Crippen LogP contribution in [0.5, 0.6) is 5.75 Å². The Bertz CT molecular complexity index is 462. The molecule has 1 aliphatic rings. The van der Waals surface area contributed by atoms with E-state index in [1.165, 1.54) is 0 Å². The predicted molar refractivity (Wildman–Crippen MR) is 86.7 cm³/mol. The van der Waals surface area contributed by atoms with Gasteiger partial charge in [0.2, 0.25) is 5.91 Å². The van der Waals surface area contributed by atoms with Gasteiger partial charge in [-0.3, -0.25) is 4.79 Å². The number of nitrogens with zero attached hydrogens (tertiary/aromatic N) is 1. The van der Waals surface area contributed by atoms with Crippen LogP contribution in [0.1, 0.15) is 19.8 Å². The summed E-state index contributed by atoms with van der Waals surface area (Å²) < 4.78 is 5.13. The van der Waals surface area contributed by atoms with E-state index in [1.807, 2.05) is 36.1 Å². The zero-order valence-corrected chi connectivity index (χ0v) is 13.6. The first kappa shape index (κ1) is 16.2. The normalized spacial score (nSPS) is 20.1. The number of carbonyl (C=O) groups is 1. The van der Waals surface area contributed by atoms with E-state index in [4.69, 9.17) is 10.5 Å². The molecule has 2 N–H and O–H groups in total. The average molecular weight is 308 g/mol. The molecule has 4 nitrogen and oxygen atoms in total. The van der Waals surface area contributed by atoms with Gasteiger partial charge in [0, 0.05) is 24.0 Å². The molecule has 0 aromatic heterocycles. The van der Waals surface area contributed by atoms with Crippen LogP contribution < -0.4 is 10.5 Å². The molecule has 1 heterocycles. The minimum atomic E-state index is 0.162. The van der Waals surface area contributed by atoms with E-state index in [9.17, 15) is 4.79 Å². The van der Waals surface area contributed by atoms with E-state index in [0.717, 1.165) is 36.6 Å². The van der Waals surface area contributed by atoms with Crippen molar-refractivity contribution >= 4 is 17.7 Å². The SMILES string of the molecule is COc1ccc(SCC(=O)N2CCCC(C(C)N)C2)cc1. The second kappa shape index (κ2) is 7.71. The minimum absolute atomic E-state index is 0.162. The molecule has 0 radical (unpaired) electrons. The Labute approximate surface area is 131 Å². The highest BCUT2D eigenvalue weighted by Crippen LogP contribution is 2.23. The van der Waals surface area contributed by atoms with Gasteiger partial charge in [-0.05, 0) is 49.9 Å². The van der Waals surface area contributed by atoms with Gasteiger partial charge in [0.15, 0.2) is 0 Å². The van der Waals surface area contributed by atoms with Crippen LogP contribution in [0.4, 0.5) is 0 Å². The molecule has 0 saturated carbocycles. The van der Waals surface area contributed by atoms with E-state index in [0.29, 0.717) is 11.7 Å². The number of hydrogen-bond donors (Lipinski definition) is 1. The van der Waals surface area contributed by atoms with Crippen molar-refractivity contribution in [3.8, 4) is 5.75 Å². The molecule has 0 spiro atoms. The smallest absolute Gasteiger partial charge is 0.232 e. The van der Waals surface area contributed by atoms with Gasteiger partial charge < -0.3 is 15.4 Å². The van der Waals surface area contributed by atoms with Crippen LogP contribution in [0.3, 0.4) is 0 Å². The topological polar surface area (TPSA) is 55.6 Å². The summed E-state index contributed by atoms with van der Waals surface area (Å²) in [6, 6.07) is 7.96. The molecule has 1 saturated heterocycles. The van der Waals surface area contributed by atoms with Gasteiger partial charge in [-0.25, -0.2) is 0 Å². The highest BCUT2D eigenvalue weighted by atomic mass is 32.2. The number of benzene rings is 1. The third kappa shape index (κ3) is 4.64. The van der Waals surface area contributed by atoms with Crippen molar-refractivity contribution in [2.75, 3.05) is 26.0 Å². The molecule has 116 valence electrons. The second-order valence-electron chi connectivity index (χ2n) is 5.57. The van der Waals surface area contributed by atoms with E-state index in [1.54, 1.807) is 18.9 Å². The lowest BCUT2D eigenvalue weighted by atomic mass is 9.92. The van der Waals surface area contributed by atoms with Gasteiger partial charge in [-0.1, -0.05) is 0 Å². The summed E-state index contributed by atoms with van der Waals surface area (Å²) in [6.07, 6.45) is 2.19. The maximum absolute atomic E-state index is 12.3. The maximum Gasteiger partial charge on any atom is 0.232 e. The van der Waals surface area contributed by atoms with Gasteiger partial charge in [-0.2, -0.15) is 0 Å². The Morgan fingerprint density at radius 2 is 2.19 bits per heavy atom. The fourth-order valence-electron chi connectivity index (χ4n) is 2.57. The number of nitrogens with two attached hydrogens (primary N) is 1. The van der Waals surface area contributed by atoms with Crippen molar-refractivity contribution in [3.05, 3.63) is 24.3 Å². The lowest BCUT2D eigenvalue weighted by Gasteiger charge is -2.34. The number of rotatable bonds is 5. The summed E-state index contributed by atoms with van der Waals surface area (Å²) in [5, 5.41) is 0. The molecule has 1 aromatic carbocycles. The van der Waals surface area contributed by atoms with E-state index in [2.05, 4.69) is 0 Å². The zero-order valence-electron chi connectivity index (χ0n) is 12.7. The molecular formula is C16H24N2O2S. The fourth-order valence-corrected chi connectivity index (χ4v) is 3.38. The standard InChI is InChI=1S/C16H24N2O2S/c1-12(17)13-4-3-9-18(10-13)16(19)11-21-15-7-5-14(20-2)6-8-15/h5-8,12-13H,3-4,9-11,17H2,1-2H3. The molecule has 2 rings (SSSR count). The molecule has 5 heteroatoms. The first-order valence-corrected chi connectivity index (χ1v) is 8.39. The monoisotopic (exact) mass is 308 g/mol. The van der Waals surface area contributed by atoms with Crippen LogP contribution in [-0.4, -0.2) is 42.8 Å². The van der Waals surface area contributed by atoms with Crippen molar-refractivity contribution in [1.29, 1.82) is 0 Å². The number of likely N-dealkylation sites (tertiary alicyclic amines) is 1. The Kier molecular flexibility index (Phi) is 5.94. The fraction of sp³-hybridized carbons (Fsp3) is 0.562. The molecule has 1 amide bonds. The number of hydrogen-bond acceptors (Lipinski definition) is 4. The summed E-state index contributed by atoms with van der Waals surface area (Å²) >= 11 is 1.57. The number of piperidine rings is 1. The van der Waals surface area contributed by atoms with Crippen molar-refractivity contribution < 1.29 is 9.53 Å². The van der Waals surface area contributed by atoms with Crippen molar-refractivity contribution in [3.63, 3.8) is 0 Å². The van der Waals surface area contributed by atoms with E-state index >= 15 is 0 Å². The van der Waals surface area contributed by atoms with Crippen molar-refractivity contribution in [1.82, 2.24) is 4.90 Å². The third-order valence-electron chi connectivity index (χ3n) is 3.98. The van der Waals surface area contributed by atoms with Crippen molar-refractivity contribution in [2.24, 2.45) is 11.7 Å². The third-order valence-corrected chi connectivity index (χ3v) is 4.97. The number of amides is 1. The lowest BCUT2D eigenvalue weighted by molar-refractivity contribution is -0.130. The molecule has 1 aliphatic heterocycles. The Morgan fingerprint density at radius 3 is 2.81 bits per heavy atom. The maximum atomic E-state index is 12.3. The number of methoxy groups -OCH3 is 1. The number of carbonyl (C=O) groups excluding carboxylic acids is 1. The van der Waals surface area contributed by atoms with Gasteiger partial charge in [-0.15, -0.1) is 11.8 Å². The molecule has 2 atom stereocenters. The molecule has 1 aromatic rings. The Balaban J connectivity index is 1.83. The number of thioether (sulfide) groups is 1. The number of ether oxygens (including phenoxy) is 1. The summed E-state index contributed by atoms with van der Waals surface area (Å²) in [4.78, 5) is 15.4. The molecule has 0 aliphatic carbocycles. The molecule has 2 unspecified atom stereocenters. The van der Waals surface area contributed by atoms with Gasteiger partial charge in [0.05, 0.1) is 12.9 Å². The largest absolute Gasteiger partial charge is 0.497 e. The summed E-state index contributed by atoms with van der Waals surface area (Å²) in [5.41, 5.74) is 5.97. The zero-order chi connectivity index (χ0) is 15.2. The highest BCUT2D eigenvalue weighted by Gasteiger charge is 2.25. The summed E-state index contributed by atoms with van der Waals surface area (Å²) in [5.74, 6) is 1.97. The van der Waals surface area contributed by atoms with Crippen LogP contribution in [0.15, 0.2) is 29.2 Å². The molecular weight excluding hydrogens is 284 g/mol. The minimum Gasteiger partial charge on any atom is -0.497 e. The Morgan fingerprint density at radius 1 is 1.48 bits per heavy atom. The van der Waals surface area contributed by atoms with Crippen LogP contribution in [0.25, 0.3) is 0 Å². The van der Waals surface area contributed by atoms with Gasteiger partial charge in [0.1, 0.15) is 5.75 Å².